The van der Waals surface area contributed by atoms with Crippen LogP contribution in [0.3, 0.4) is 0 Å². The Morgan fingerprint density at radius 1 is 1.15 bits per heavy atom. The fourth-order valence-corrected chi connectivity index (χ4v) is 4.87. The van der Waals surface area contributed by atoms with Crippen molar-refractivity contribution in [3.05, 3.63) is 47.0 Å². The molecule has 1 aliphatic carbocycles. The molecule has 2 unspecified atom stereocenters. The highest BCUT2D eigenvalue weighted by molar-refractivity contribution is 5.95. The molecule has 2 aromatic rings. The number of rotatable bonds is 2. The second-order valence-corrected chi connectivity index (χ2v) is 7.58. The van der Waals surface area contributed by atoms with Crippen LogP contribution in [0, 0.1) is 5.82 Å². The van der Waals surface area contributed by atoms with Crippen molar-refractivity contribution in [2.75, 3.05) is 13.1 Å². The van der Waals surface area contributed by atoms with Gasteiger partial charge in [-0.25, -0.2) is 9.07 Å². The summed E-state index contributed by atoms with van der Waals surface area (Å²) < 4.78 is 16.0. The highest BCUT2D eigenvalue weighted by Gasteiger charge is 2.41. The van der Waals surface area contributed by atoms with Gasteiger partial charge in [0.25, 0.3) is 5.91 Å². The van der Waals surface area contributed by atoms with Gasteiger partial charge in [0.05, 0.1) is 0 Å². The smallest absolute Gasteiger partial charge is 0.275 e. The van der Waals surface area contributed by atoms with Crippen LogP contribution in [0.25, 0.3) is 5.69 Å². The number of halogens is 2. The van der Waals surface area contributed by atoms with E-state index in [9.17, 15) is 9.18 Å². The molecule has 2 fully saturated rings. The van der Waals surface area contributed by atoms with Gasteiger partial charge in [0, 0.05) is 29.9 Å². The van der Waals surface area contributed by atoms with Crippen molar-refractivity contribution >= 4 is 18.3 Å². The van der Waals surface area contributed by atoms with E-state index in [1.165, 1.54) is 6.07 Å². The largest absolute Gasteiger partial charge is 0.330 e. The van der Waals surface area contributed by atoms with Gasteiger partial charge in [-0.05, 0) is 57.2 Å². The highest BCUT2D eigenvalue weighted by atomic mass is 35.5. The Morgan fingerprint density at radius 2 is 1.96 bits per heavy atom. The van der Waals surface area contributed by atoms with Crippen LogP contribution in [-0.4, -0.2) is 45.8 Å². The first-order valence-electron chi connectivity index (χ1n) is 9.63. The SMILES string of the molecule is Cl.O=C(c1nn(-c2ccccc2F)c2c1CCC2)N1C2CCNCC1CC2. The van der Waals surface area contributed by atoms with Crippen molar-refractivity contribution in [1.29, 1.82) is 0 Å². The molecule has 0 radical (unpaired) electrons. The summed E-state index contributed by atoms with van der Waals surface area (Å²) in [5.74, 6) is -0.266. The van der Waals surface area contributed by atoms with Crippen molar-refractivity contribution < 1.29 is 9.18 Å². The predicted octanol–water partition coefficient (Wildman–Crippen LogP) is 2.89. The molecule has 1 amide bonds. The number of nitrogens with zero attached hydrogens (tertiary/aromatic N) is 3. The number of carbonyl (C=O) groups is 1. The first-order valence-corrected chi connectivity index (χ1v) is 9.63. The van der Waals surface area contributed by atoms with Gasteiger partial charge in [0.1, 0.15) is 11.5 Å². The van der Waals surface area contributed by atoms with Crippen molar-refractivity contribution in [2.24, 2.45) is 0 Å². The van der Waals surface area contributed by atoms with Crippen molar-refractivity contribution in [1.82, 2.24) is 20.0 Å². The van der Waals surface area contributed by atoms with E-state index in [-0.39, 0.29) is 30.2 Å². The maximum Gasteiger partial charge on any atom is 0.275 e. The summed E-state index contributed by atoms with van der Waals surface area (Å²) >= 11 is 0. The number of benzene rings is 1. The first-order chi connectivity index (χ1) is 12.7. The maximum atomic E-state index is 14.3. The number of amides is 1. The van der Waals surface area contributed by atoms with Gasteiger partial charge in [-0.1, -0.05) is 12.1 Å². The van der Waals surface area contributed by atoms with E-state index in [2.05, 4.69) is 15.3 Å². The molecule has 1 aromatic carbocycles. The highest BCUT2D eigenvalue weighted by Crippen LogP contribution is 2.33. The lowest BCUT2D eigenvalue weighted by Gasteiger charge is -2.27. The van der Waals surface area contributed by atoms with Crippen LogP contribution in [0.2, 0.25) is 0 Å². The van der Waals surface area contributed by atoms with E-state index >= 15 is 0 Å². The summed E-state index contributed by atoms with van der Waals surface area (Å²) in [6.07, 6.45) is 5.83. The number of hydrogen-bond acceptors (Lipinski definition) is 3. The lowest BCUT2D eigenvalue weighted by molar-refractivity contribution is 0.0672. The lowest BCUT2D eigenvalue weighted by Crippen LogP contribution is -2.43. The van der Waals surface area contributed by atoms with E-state index in [0.717, 1.165) is 62.9 Å². The normalized spacial score (nSPS) is 23.7. The van der Waals surface area contributed by atoms with Crippen LogP contribution in [-0.2, 0) is 12.8 Å². The van der Waals surface area contributed by atoms with E-state index in [4.69, 9.17) is 0 Å². The third-order valence-corrected chi connectivity index (χ3v) is 6.10. The summed E-state index contributed by atoms with van der Waals surface area (Å²) in [6.45, 7) is 1.82. The fraction of sp³-hybridized carbons (Fsp3) is 0.500. The van der Waals surface area contributed by atoms with Crippen LogP contribution < -0.4 is 5.32 Å². The van der Waals surface area contributed by atoms with Gasteiger partial charge in [-0.2, -0.15) is 5.10 Å². The van der Waals surface area contributed by atoms with Crippen molar-refractivity contribution in [2.45, 2.75) is 50.6 Å². The molecule has 2 saturated heterocycles. The molecule has 5 nitrogen and oxygen atoms in total. The van der Waals surface area contributed by atoms with Crippen LogP contribution in [0.5, 0.6) is 0 Å². The average molecular weight is 391 g/mol. The van der Waals surface area contributed by atoms with Gasteiger partial charge < -0.3 is 10.2 Å². The van der Waals surface area contributed by atoms with Gasteiger partial charge in [0.15, 0.2) is 5.69 Å². The van der Waals surface area contributed by atoms with Gasteiger partial charge in [-0.3, -0.25) is 4.79 Å². The molecule has 3 heterocycles. The Kier molecular flexibility index (Phi) is 4.95. The number of fused-ring (bicyclic) bond motifs is 3. The lowest BCUT2D eigenvalue weighted by atomic mass is 10.1. The molecule has 7 heteroatoms. The maximum absolute atomic E-state index is 14.3. The molecule has 1 aromatic heterocycles. The summed E-state index contributed by atoms with van der Waals surface area (Å²) in [7, 11) is 0. The minimum absolute atomic E-state index is 0. The number of para-hydroxylation sites is 1. The Balaban J connectivity index is 0.00000180. The Hall–Kier alpha value is -1.92. The monoisotopic (exact) mass is 390 g/mol. The Bertz CT molecular complexity index is 854. The summed E-state index contributed by atoms with van der Waals surface area (Å²) in [4.78, 5) is 15.5. The minimum Gasteiger partial charge on any atom is -0.330 e. The van der Waals surface area contributed by atoms with Crippen LogP contribution >= 0.6 is 12.4 Å². The first kappa shape index (κ1) is 18.4. The number of nitrogens with one attached hydrogen (secondary N) is 1. The molecule has 0 saturated carbocycles. The number of carbonyl (C=O) groups excluding carboxylic acids is 1. The molecule has 2 bridgehead atoms. The van der Waals surface area contributed by atoms with Gasteiger partial charge >= 0.3 is 0 Å². The van der Waals surface area contributed by atoms with Gasteiger partial charge in [0.2, 0.25) is 0 Å². The quantitative estimate of drug-likeness (QED) is 0.857. The zero-order valence-corrected chi connectivity index (χ0v) is 16.0. The Labute approximate surface area is 164 Å². The van der Waals surface area contributed by atoms with E-state index in [1.807, 2.05) is 6.07 Å². The van der Waals surface area contributed by atoms with Crippen LogP contribution in [0.4, 0.5) is 4.39 Å². The van der Waals surface area contributed by atoms with Crippen molar-refractivity contribution in [3.8, 4) is 5.69 Å². The predicted molar refractivity (Wildman–Crippen MR) is 103 cm³/mol. The standard InChI is InChI=1S/C20H23FN4O.ClH/c21-16-5-1-2-6-18(16)25-17-7-3-4-15(17)19(23-25)20(26)24-13-8-9-14(24)12-22-11-10-13;/h1-2,5-6,13-14,22H,3-4,7-12H2;1H. The Morgan fingerprint density at radius 3 is 2.81 bits per heavy atom. The molecular weight excluding hydrogens is 367 g/mol. The number of aromatic nitrogens is 2. The molecule has 1 N–H and O–H groups in total. The molecule has 5 rings (SSSR count). The average Bonchev–Trinajstić information content (AvgIpc) is 3.28. The molecular formula is C20H24ClFN4O. The summed E-state index contributed by atoms with van der Waals surface area (Å²) in [6, 6.07) is 7.22. The molecule has 2 atom stereocenters. The molecule has 3 aliphatic rings. The fourth-order valence-electron chi connectivity index (χ4n) is 4.87. The minimum atomic E-state index is -0.303. The number of hydrogen-bond donors (Lipinski definition) is 1. The van der Waals surface area contributed by atoms with Crippen molar-refractivity contribution in [3.63, 3.8) is 0 Å². The van der Waals surface area contributed by atoms with E-state index in [0.29, 0.717) is 17.4 Å². The zero-order chi connectivity index (χ0) is 17.7. The molecule has 0 spiro atoms. The second kappa shape index (κ2) is 7.24. The topological polar surface area (TPSA) is 50.2 Å². The van der Waals surface area contributed by atoms with Gasteiger partial charge in [-0.15, -0.1) is 12.4 Å². The van der Waals surface area contributed by atoms with Crippen LogP contribution in [0.1, 0.15) is 47.4 Å². The van der Waals surface area contributed by atoms with Crippen LogP contribution in [0.15, 0.2) is 24.3 Å². The summed E-state index contributed by atoms with van der Waals surface area (Å²) in [5.41, 5.74) is 3.00. The van der Waals surface area contributed by atoms with E-state index in [1.54, 1.807) is 16.8 Å². The molecule has 144 valence electrons. The second-order valence-electron chi connectivity index (χ2n) is 7.58. The van der Waals surface area contributed by atoms with E-state index < -0.39 is 0 Å². The summed E-state index contributed by atoms with van der Waals surface area (Å²) in [5, 5.41) is 8.07. The molecule has 2 aliphatic heterocycles. The molecule has 27 heavy (non-hydrogen) atoms. The third-order valence-electron chi connectivity index (χ3n) is 6.10. The third kappa shape index (κ3) is 2.95. The zero-order valence-electron chi connectivity index (χ0n) is 15.2.